The SMILES string of the molecule is CONC1CCCOc2cc(F)c(Br)cc21. The molecule has 0 fully saturated rings. The molecule has 1 N–H and O–H groups in total. The monoisotopic (exact) mass is 289 g/mol. The lowest BCUT2D eigenvalue weighted by Crippen LogP contribution is -2.19. The van der Waals surface area contributed by atoms with Gasteiger partial charge in [-0.25, -0.2) is 4.39 Å². The number of halogens is 2. The number of nitrogens with one attached hydrogen (secondary N) is 1. The second-order valence-corrected chi connectivity index (χ2v) is 4.52. The van der Waals surface area contributed by atoms with Gasteiger partial charge in [0.15, 0.2) is 0 Å². The van der Waals surface area contributed by atoms with E-state index in [0.29, 0.717) is 16.8 Å². The number of benzene rings is 1. The maximum atomic E-state index is 13.4. The summed E-state index contributed by atoms with van der Waals surface area (Å²) >= 11 is 3.18. The highest BCUT2D eigenvalue weighted by atomic mass is 79.9. The predicted molar refractivity (Wildman–Crippen MR) is 61.7 cm³/mol. The highest BCUT2D eigenvalue weighted by Gasteiger charge is 2.21. The Morgan fingerprint density at radius 2 is 2.38 bits per heavy atom. The van der Waals surface area contributed by atoms with E-state index in [0.717, 1.165) is 18.4 Å². The normalized spacial score (nSPS) is 19.8. The zero-order valence-corrected chi connectivity index (χ0v) is 10.5. The van der Waals surface area contributed by atoms with Crippen LogP contribution in [0.1, 0.15) is 24.4 Å². The van der Waals surface area contributed by atoms with Crippen molar-refractivity contribution in [3.05, 3.63) is 28.0 Å². The van der Waals surface area contributed by atoms with Crippen molar-refractivity contribution in [2.24, 2.45) is 0 Å². The van der Waals surface area contributed by atoms with Crippen LogP contribution in [0, 0.1) is 5.82 Å². The summed E-state index contributed by atoms with van der Waals surface area (Å²) < 4.78 is 19.3. The standard InChI is InChI=1S/C11H13BrFNO2/c1-15-14-10-3-2-4-16-11-6-9(13)8(12)5-7(10)11/h5-6,10,14H,2-4H2,1H3. The van der Waals surface area contributed by atoms with Crippen molar-refractivity contribution in [3.8, 4) is 5.75 Å². The van der Waals surface area contributed by atoms with Crippen LogP contribution in [0.2, 0.25) is 0 Å². The van der Waals surface area contributed by atoms with E-state index in [1.165, 1.54) is 6.07 Å². The maximum absolute atomic E-state index is 13.4. The lowest BCUT2D eigenvalue weighted by Gasteiger charge is -2.17. The summed E-state index contributed by atoms with van der Waals surface area (Å²) in [4.78, 5) is 4.95. The molecule has 3 nitrogen and oxygen atoms in total. The number of rotatable bonds is 2. The number of fused-ring (bicyclic) bond motifs is 1. The van der Waals surface area contributed by atoms with E-state index in [4.69, 9.17) is 9.57 Å². The Morgan fingerprint density at radius 1 is 1.56 bits per heavy atom. The van der Waals surface area contributed by atoms with Crippen LogP contribution in [0.4, 0.5) is 4.39 Å². The molecule has 0 saturated carbocycles. The highest BCUT2D eigenvalue weighted by molar-refractivity contribution is 9.10. The second kappa shape index (κ2) is 5.12. The third-order valence-corrected chi connectivity index (χ3v) is 3.19. The van der Waals surface area contributed by atoms with Crippen molar-refractivity contribution in [1.29, 1.82) is 0 Å². The van der Waals surface area contributed by atoms with Crippen LogP contribution < -0.4 is 10.2 Å². The second-order valence-electron chi connectivity index (χ2n) is 3.67. The molecule has 1 atom stereocenters. The van der Waals surface area contributed by atoms with E-state index >= 15 is 0 Å². The fourth-order valence-electron chi connectivity index (χ4n) is 1.83. The molecule has 16 heavy (non-hydrogen) atoms. The van der Waals surface area contributed by atoms with Crippen molar-refractivity contribution < 1.29 is 14.0 Å². The van der Waals surface area contributed by atoms with Crippen molar-refractivity contribution >= 4 is 15.9 Å². The smallest absolute Gasteiger partial charge is 0.141 e. The number of hydroxylamine groups is 1. The van der Waals surface area contributed by atoms with Gasteiger partial charge in [0.1, 0.15) is 11.6 Å². The van der Waals surface area contributed by atoms with Crippen LogP contribution in [-0.4, -0.2) is 13.7 Å². The zero-order valence-electron chi connectivity index (χ0n) is 8.93. The average molecular weight is 290 g/mol. The summed E-state index contributed by atoms with van der Waals surface area (Å²) in [6.07, 6.45) is 1.81. The molecule has 0 spiro atoms. The number of hydrogen-bond acceptors (Lipinski definition) is 3. The summed E-state index contributed by atoms with van der Waals surface area (Å²) in [5.74, 6) is 0.282. The van der Waals surface area contributed by atoms with Crippen LogP contribution in [0.5, 0.6) is 5.75 Å². The summed E-state index contributed by atoms with van der Waals surface area (Å²) in [5, 5.41) is 0. The molecule has 0 bridgehead atoms. The van der Waals surface area contributed by atoms with E-state index in [9.17, 15) is 4.39 Å². The van der Waals surface area contributed by atoms with Gasteiger partial charge < -0.3 is 9.57 Å². The van der Waals surface area contributed by atoms with Gasteiger partial charge in [-0.05, 0) is 34.8 Å². The largest absolute Gasteiger partial charge is 0.493 e. The molecule has 1 aromatic rings. The van der Waals surface area contributed by atoms with E-state index in [2.05, 4.69) is 21.4 Å². The molecule has 0 aliphatic carbocycles. The summed E-state index contributed by atoms with van der Waals surface area (Å²) in [7, 11) is 1.57. The van der Waals surface area contributed by atoms with Gasteiger partial charge in [-0.2, -0.15) is 5.48 Å². The Balaban J connectivity index is 2.39. The Kier molecular flexibility index (Phi) is 3.78. The van der Waals surface area contributed by atoms with Crippen LogP contribution in [-0.2, 0) is 4.84 Å². The molecule has 0 aromatic heterocycles. The molecule has 1 aromatic carbocycles. The minimum absolute atomic E-state index is 0.0411. The molecule has 5 heteroatoms. The van der Waals surface area contributed by atoms with E-state index in [-0.39, 0.29) is 11.9 Å². The summed E-state index contributed by atoms with van der Waals surface area (Å²) in [6, 6.07) is 3.20. The highest BCUT2D eigenvalue weighted by Crippen LogP contribution is 2.35. The molecule has 0 amide bonds. The Hall–Kier alpha value is -0.650. The molecule has 2 rings (SSSR count). The average Bonchev–Trinajstić information content (AvgIpc) is 2.44. The van der Waals surface area contributed by atoms with Gasteiger partial charge in [0.25, 0.3) is 0 Å². The van der Waals surface area contributed by atoms with Gasteiger partial charge in [-0.1, -0.05) is 0 Å². The van der Waals surface area contributed by atoms with Crippen molar-refractivity contribution in [1.82, 2.24) is 5.48 Å². The van der Waals surface area contributed by atoms with E-state index in [1.54, 1.807) is 13.2 Å². The fraction of sp³-hybridized carbons (Fsp3) is 0.455. The molecular weight excluding hydrogens is 277 g/mol. The Morgan fingerprint density at radius 3 is 3.12 bits per heavy atom. The van der Waals surface area contributed by atoms with Crippen LogP contribution in [0.25, 0.3) is 0 Å². The van der Waals surface area contributed by atoms with Gasteiger partial charge in [-0.15, -0.1) is 0 Å². The van der Waals surface area contributed by atoms with Crippen LogP contribution >= 0.6 is 15.9 Å². The first-order valence-electron chi connectivity index (χ1n) is 5.12. The van der Waals surface area contributed by atoms with Gasteiger partial charge >= 0.3 is 0 Å². The van der Waals surface area contributed by atoms with Crippen molar-refractivity contribution in [2.45, 2.75) is 18.9 Å². The molecule has 1 unspecified atom stereocenters. The molecule has 0 radical (unpaired) electrons. The minimum Gasteiger partial charge on any atom is -0.493 e. The molecule has 0 saturated heterocycles. The molecule has 88 valence electrons. The number of ether oxygens (including phenoxy) is 1. The Labute approximate surface area is 102 Å². The maximum Gasteiger partial charge on any atom is 0.141 e. The zero-order chi connectivity index (χ0) is 11.5. The molecule has 1 aliphatic rings. The molecular formula is C11H13BrFNO2. The third-order valence-electron chi connectivity index (χ3n) is 2.58. The first kappa shape index (κ1) is 11.8. The van der Waals surface area contributed by atoms with E-state index < -0.39 is 0 Å². The van der Waals surface area contributed by atoms with Gasteiger partial charge in [0.05, 0.1) is 24.2 Å². The van der Waals surface area contributed by atoms with Gasteiger partial charge in [0, 0.05) is 11.6 Å². The van der Waals surface area contributed by atoms with E-state index in [1.807, 2.05) is 0 Å². The molecule has 1 heterocycles. The number of hydrogen-bond donors (Lipinski definition) is 1. The predicted octanol–water partition coefficient (Wildman–Crippen LogP) is 2.95. The summed E-state index contributed by atoms with van der Waals surface area (Å²) in [5.41, 5.74) is 3.83. The van der Waals surface area contributed by atoms with Gasteiger partial charge in [0.2, 0.25) is 0 Å². The van der Waals surface area contributed by atoms with Crippen molar-refractivity contribution in [3.63, 3.8) is 0 Å². The lowest BCUT2D eigenvalue weighted by molar-refractivity contribution is 0.0579. The fourth-order valence-corrected chi connectivity index (χ4v) is 2.19. The summed E-state index contributed by atoms with van der Waals surface area (Å²) in [6.45, 7) is 0.607. The topological polar surface area (TPSA) is 30.5 Å². The first-order chi connectivity index (χ1) is 7.72. The van der Waals surface area contributed by atoms with Crippen LogP contribution in [0.15, 0.2) is 16.6 Å². The first-order valence-corrected chi connectivity index (χ1v) is 5.92. The van der Waals surface area contributed by atoms with Gasteiger partial charge in [-0.3, -0.25) is 0 Å². The third kappa shape index (κ3) is 2.36. The Bertz CT molecular complexity index is 386. The quantitative estimate of drug-likeness (QED) is 0.849. The minimum atomic E-state index is -0.309. The van der Waals surface area contributed by atoms with Crippen molar-refractivity contribution in [2.75, 3.05) is 13.7 Å². The lowest BCUT2D eigenvalue weighted by atomic mass is 10.0. The molecule has 1 aliphatic heterocycles. The van der Waals surface area contributed by atoms with Crippen LogP contribution in [0.3, 0.4) is 0 Å².